The van der Waals surface area contributed by atoms with Crippen LogP contribution >= 0.6 is 0 Å². The molecule has 2 N–H and O–H groups in total. The minimum atomic E-state index is -1.04. The summed E-state index contributed by atoms with van der Waals surface area (Å²) in [7, 11) is 0. The number of aromatic nitrogens is 1. The van der Waals surface area contributed by atoms with Gasteiger partial charge in [0.15, 0.2) is 0 Å². The lowest BCUT2D eigenvalue weighted by Crippen LogP contribution is -2.08. The lowest BCUT2D eigenvalue weighted by Gasteiger charge is -2.07. The van der Waals surface area contributed by atoms with E-state index in [2.05, 4.69) is 0 Å². The van der Waals surface area contributed by atoms with Gasteiger partial charge >= 0.3 is 11.9 Å². The molecule has 0 bridgehead atoms. The summed E-state index contributed by atoms with van der Waals surface area (Å²) in [5.41, 5.74) is 4.07. The van der Waals surface area contributed by atoms with Crippen molar-refractivity contribution in [2.75, 3.05) is 0 Å². The standard InChI is InChI=1S/C23H23NO5/c1-16-4-6-17(7-5-16)15-29-20-10-8-18(9-11-20)19-13-21(23(27)28)24(14-19)12-2-3-22(25)26/h4-11,13-14H,2-3,12,15H2,1H3,(H,25,26)(H,27,28). The maximum atomic E-state index is 11.5. The third-order valence-corrected chi connectivity index (χ3v) is 4.62. The summed E-state index contributed by atoms with van der Waals surface area (Å²) in [5, 5.41) is 18.2. The molecule has 0 unspecified atom stereocenters. The van der Waals surface area contributed by atoms with Crippen LogP contribution in [-0.2, 0) is 17.9 Å². The molecule has 0 aliphatic carbocycles. The maximum Gasteiger partial charge on any atom is 0.352 e. The van der Waals surface area contributed by atoms with E-state index < -0.39 is 11.9 Å². The highest BCUT2D eigenvalue weighted by Crippen LogP contribution is 2.25. The molecule has 3 rings (SSSR count). The summed E-state index contributed by atoms with van der Waals surface area (Å²) in [6.45, 7) is 2.85. The monoisotopic (exact) mass is 393 g/mol. The fourth-order valence-corrected chi connectivity index (χ4v) is 3.03. The first-order chi connectivity index (χ1) is 13.9. The molecular weight excluding hydrogens is 370 g/mol. The number of hydrogen-bond donors (Lipinski definition) is 2. The van der Waals surface area contributed by atoms with Crippen LogP contribution in [0.4, 0.5) is 0 Å². The van der Waals surface area contributed by atoms with E-state index in [1.807, 2.05) is 55.5 Å². The number of carbonyl (C=O) groups is 2. The zero-order valence-electron chi connectivity index (χ0n) is 16.2. The number of ether oxygens (including phenoxy) is 1. The highest BCUT2D eigenvalue weighted by molar-refractivity contribution is 5.88. The van der Waals surface area contributed by atoms with Gasteiger partial charge < -0.3 is 19.5 Å². The van der Waals surface area contributed by atoms with Gasteiger partial charge in [0.2, 0.25) is 0 Å². The summed E-state index contributed by atoms with van der Waals surface area (Å²) in [6.07, 6.45) is 2.11. The van der Waals surface area contributed by atoms with E-state index in [0.717, 1.165) is 22.4 Å². The van der Waals surface area contributed by atoms with E-state index in [4.69, 9.17) is 9.84 Å². The Hall–Kier alpha value is -3.54. The Morgan fingerprint density at radius 2 is 1.66 bits per heavy atom. The number of hydrogen-bond acceptors (Lipinski definition) is 3. The molecule has 0 aliphatic rings. The van der Waals surface area contributed by atoms with Crippen LogP contribution in [0.2, 0.25) is 0 Å². The first-order valence-electron chi connectivity index (χ1n) is 9.36. The van der Waals surface area contributed by atoms with Crippen molar-refractivity contribution in [1.29, 1.82) is 0 Å². The first kappa shape index (κ1) is 20.2. The van der Waals surface area contributed by atoms with Crippen molar-refractivity contribution in [2.45, 2.75) is 32.9 Å². The molecule has 0 radical (unpaired) electrons. The van der Waals surface area contributed by atoms with Crippen LogP contribution < -0.4 is 4.74 Å². The van der Waals surface area contributed by atoms with Crippen LogP contribution in [0.25, 0.3) is 11.1 Å². The second-order valence-electron chi connectivity index (χ2n) is 6.91. The number of nitrogens with zero attached hydrogens (tertiary/aromatic N) is 1. The Bertz CT molecular complexity index is 987. The number of aryl methyl sites for hydroxylation is 2. The predicted molar refractivity (Wildman–Crippen MR) is 109 cm³/mol. The van der Waals surface area contributed by atoms with Crippen LogP contribution in [-0.4, -0.2) is 26.7 Å². The van der Waals surface area contributed by atoms with Gasteiger partial charge in [0, 0.05) is 24.7 Å². The van der Waals surface area contributed by atoms with E-state index in [1.54, 1.807) is 16.8 Å². The minimum absolute atomic E-state index is 0.000406. The lowest BCUT2D eigenvalue weighted by atomic mass is 10.1. The average Bonchev–Trinajstić information content (AvgIpc) is 3.12. The van der Waals surface area contributed by atoms with Gasteiger partial charge in [-0.25, -0.2) is 4.79 Å². The van der Waals surface area contributed by atoms with Crippen LogP contribution in [0.1, 0.15) is 34.5 Å². The largest absolute Gasteiger partial charge is 0.489 e. The van der Waals surface area contributed by atoms with Gasteiger partial charge in [-0.1, -0.05) is 42.0 Å². The zero-order valence-corrected chi connectivity index (χ0v) is 16.2. The van der Waals surface area contributed by atoms with Gasteiger partial charge in [-0.15, -0.1) is 0 Å². The van der Waals surface area contributed by atoms with E-state index in [9.17, 15) is 14.7 Å². The molecule has 29 heavy (non-hydrogen) atoms. The third kappa shape index (κ3) is 5.48. The molecular formula is C23H23NO5. The van der Waals surface area contributed by atoms with Crippen molar-refractivity contribution < 1.29 is 24.5 Å². The number of benzene rings is 2. The Morgan fingerprint density at radius 1 is 0.966 bits per heavy atom. The van der Waals surface area contributed by atoms with Gasteiger partial charge in [-0.3, -0.25) is 4.79 Å². The fraction of sp³-hybridized carbons (Fsp3) is 0.217. The van der Waals surface area contributed by atoms with Gasteiger partial charge in [-0.05, 0) is 42.7 Å². The van der Waals surface area contributed by atoms with E-state index in [1.165, 1.54) is 5.56 Å². The molecule has 0 spiro atoms. The normalized spacial score (nSPS) is 10.7. The Kier molecular flexibility index (Phi) is 6.34. The third-order valence-electron chi connectivity index (χ3n) is 4.62. The molecule has 2 aromatic carbocycles. The predicted octanol–water partition coefficient (Wildman–Crippen LogP) is 4.61. The number of carboxylic acid groups (broad SMARTS) is 2. The van der Waals surface area contributed by atoms with Crippen molar-refractivity contribution in [3.63, 3.8) is 0 Å². The Morgan fingerprint density at radius 3 is 2.28 bits per heavy atom. The minimum Gasteiger partial charge on any atom is -0.489 e. The summed E-state index contributed by atoms with van der Waals surface area (Å²) in [5.74, 6) is -1.20. The quantitative estimate of drug-likeness (QED) is 0.554. The molecule has 0 fully saturated rings. The highest BCUT2D eigenvalue weighted by atomic mass is 16.5. The molecule has 0 saturated carbocycles. The van der Waals surface area contributed by atoms with E-state index >= 15 is 0 Å². The smallest absolute Gasteiger partial charge is 0.352 e. The number of aromatic carboxylic acids is 1. The van der Waals surface area contributed by atoms with E-state index in [0.29, 0.717) is 19.6 Å². The van der Waals surface area contributed by atoms with E-state index in [-0.39, 0.29) is 12.1 Å². The fourth-order valence-electron chi connectivity index (χ4n) is 3.03. The average molecular weight is 393 g/mol. The Balaban J connectivity index is 1.69. The van der Waals surface area contributed by atoms with Gasteiger partial charge in [-0.2, -0.15) is 0 Å². The Labute approximate surface area is 169 Å². The molecule has 0 atom stereocenters. The van der Waals surface area contributed by atoms with Crippen LogP contribution in [0.15, 0.2) is 60.8 Å². The van der Waals surface area contributed by atoms with Crippen molar-refractivity contribution >= 4 is 11.9 Å². The van der Waals surface area contributed by atoms with Crippen LogP contribution in [0.3, 0.4) is 0 Å². The molecule has 150 valence electrons. The first-order valence-corrected chi connectivity index (χ1v) is 9.36. The molecule has 0 amide bonds. The topological polar surface area (TPSA) is 88.8 Å². The SMILES string of the molecule is Cc1ccc(COc2ccc(-c3cc(C(=O)O)n(CCCC(=O)O)c3)cc2)cc1. The van der Waals surface area contributed by atoms with Crippen molar-refractivity contribution in [3.8, 4) is 16.9 Å². The second kappa shape index (κ2) is 9.10. The molecule has 1 heterocycles. The van der Waals surface area contributed by atoms with Crippen LogP contribution in [0.5, 0.6) is 5.75 Å². The summed E-state index contributed by atoms with van der Waals surface area (Å²) in [4.78, 5) is 22.2. The van der Waals surface area contributed by atoms with Crippen molar-refractivity contribution in [3.05, 3.63) is 77.6 Å². The lowest BCUT2D eigenvalue weighted by molar-refractivity contribution is -0.137. The number of rotatable bonds is 9. The highest BCUT2D eigenvalue weighted by Gasteiger charge is 2.14. The summed E-state index contributed by atoms with van der Waals surface area (Å²) >= 11 is 0. The summed E-state index contributed by atoms with van der Waals surface area (Å²) < 4.78 is 7.40. The number of aliphatic carboxylic acids is 1. The van der Waals surface area contributed by atoms with Crippen LogP contribution in [0, 0.1) is 6.92 Å². The maximum absolute atomic E-state index is 11.5. The van der Waals surface area contributed by atoms with Gasteiger partial charge in [0.05, 0.1) is 0 Å². The summed E-state index contributed by atoms with van der Waals surface area (Å²) in [6, 6.07) is 17.2. The molecule has 1 aromatic heterocycles. The van der Waals surface area contributed by atoms with Crippen molar-refractivity contribution in [2.24, 2.45) is 0 Å². The zero-order chi connectivity index (χ0) is 20.8. The molecule has 3 aromatic rings. The van der Waals surface area contributed by atoms with Gasteiger partial charge in [0.25, 0.3) is 0 Å². The van der Waals surface area contributed by atoms with Crippen molar-refractivity contribution in [1.82, 2.24) is 4.57 Å². The second-order valence-corrected chi connectivity index (χ2v) is 6.91. The number of carboxylic acids is 2. The molecule has 0 aliphatic heterocycles. The molecule has 6 heteroatoms. The molecule has 0 saturated heterocycles. The molecule has 6 nitrogen and oxygen atoms in total. The van der Waals surface area contributed by atoms with Gasteiger partial charge in [0.1, 0.15) is 18.1 Å².